The average molecular weight is 452 g/mol. The van der Waals surface area contributed by atoms with Gasteiger partial charge in [0.15, 0.2) is 0 Å². The fraction of sp³-hybridized carbons (Fsp3) is 0.250. The van der Waals surface area contributed by atoms with Gasteiger partial charge in [0, 0.05) is 39.6 Å². The molecule has 0 amide bonds. The maximum atomic E-state index is 10.4. The molecule has 0 aliphatic rings. The summed E-state index contributed by atoms with van der Waals surface area (Å²) < 4.78 is 18.3. The third-order valence-corrected chi connectivity index (χ3v) is 3.66. The van der Waals surface area contributed by atoms with Crippen molar-refractivity contribution in [3.05, 3.63) is 72.8 Å². The number of nitrogens with two attached hydrogens (primary N) is 1. The molecule has 12 heteroatoms. The number of benzene rings is 2. The van der Waals surface area contributed by atoms with Gasteiger partial charge in [0.1, 0.15) is 5.69 Å². The Labute approximate surface area is 171 Å². The third-order valence-electron chi connectivity index (χ3n) is 3.66. The van der Waals surface area contributed by atoms with Gasteiger partial charge in [0.2, 0.25) is 0 Å². The lowest BCUT2D eigenvalue weighted by molar-refractivity contribution is -0.384. The molecular formula is C16H19Cl2N3O6S. The van der Waals surface area contributed by atoms with Crippen LogP contribution in [0.3, 0.4) is 0 Å². The molecule has 2 rings (SSSR count). The quantitative estimate of drug-likeness (QED) is 0.300. The van der Waals surface area contributed by atoms with Crippen molar-refractivity contribution in [1.29, 1.82) is 0 Å². The van der Waals surface area contributed by atoms with Gasteiger partial charge < -0.3 is 5.73 Å². The van der Waals surface area contributed by atoms with E-state index in [9.17, 15) is 20.2 Å². The molecular weight excluding hydrogens is 433 g/mol. The number of nitro benzene ring substituents is 2. The van der Waals surface area contributed by atoms with Gasteiger partial charge in [-0.15, -0.1) is 0 Å². The van der Waals surface area contributed by atoms with E-state index in [4.69, 9.17) is 14.2 Å². The van der Waals surface area contributed by atoms with E-state index in [2.05, 4.69) is 21.4 Å². The minimum Gasteiger partial charge on any atom is -0.393 e. The Bertz CT molecular complexity index is 973. The normalized spacial score (nSPS) is 10.1. The number of nitro groups is 2. The number of non-ortho nitro benzene ring substituents is 1. The van der Waals surface area contributed by atoms with Gasteiger partial charge in [-0.2, -0.15) is 8.42 Å². The molecule has 0 fully saturated rings. The molecule has 9 nitrogen and oxygen atoms in total. The first kappa shape index (κ1) is 25.6. The number of nitrogen functional groups attached to an aromatic ring is 1. The van der Waals surface area contributed by atoms with Crippen molar-refractivity contribution in [2.75, 3.05) is 5.73 Å². The number of anilines is 1. The Morgan fingerprint density at radius 2 is 1.32 bits per heavy atom. The van der Waals surface area contributed by atoms with Crippen LogP contribution >= 0.6 is 21.4 Å². The van der Waals surface area contributed by atoms with Crippen molar-refractivity contribution < 1.29 is 18.3 Å². The summed E-state index contributed by atoms with van der Waals surface area (Å²) in [6.07, 6.45) is 0. The molecule has 0 spiro atoms. The van der Waals surface area contributed by atoms with Crippen LogP contribution in [-0.4, -0.2) is 18.3 Å². The van der Waals surface area contributed by atoms with E-state index < -0.39 is 13.2 Å². The standard InChI is InChI=1S/C8H10N2O2.C8H9NO2.Cl2O2S/c1-5-3-4-7(10(11)12)8(9)6(5)2;1-6-3-4-8(9(10)11)5-7(6)2;1-5(2,3)4/h3-4H,9H2,1-2H3;3-5H,1-2H3;. The van der Waals surface area contributed by atoms with Crippen molar-refractivity contribution in [2.24, 2.45) is 0 Å². The SMILES string of the molecule is Cc1ccc([N+](=O)[O-])c(N)c1C.Cc1ccc([N+](=O)[O-])cc1C.O=S(=O)(Cl)Cl. The van der Waals surface area contributed by atoms with Crippen LogP contribution in [0.15, 0.2) is 30.3 Å². The van der Waals surface area contributed by atoms with Crippen LogP contribution in [0.1, 0.15) is 22.3 Å². The molecule has 0 saturated carbocycles. The molecule has 2 N–H and O–H groups in total. The lowest BCUT2D eigenvalue weighted by atomic mass is 10.1. The Morgan fingerprint density at radius 3 is 1.71 bits per heavy atom. The average Bonchev–Trinajstić information content (AvgIpc) is 2.54. The zero-order valence-electron chi connectivity index (χ0n) is 15.5. The van der Waals surface area contributed by atoms with Gasteiger partial charge in [-0.3, -0.25) is 20.2 Å². The number of rotatable bonds is 2. The van der Waals surface area contributed by atoms with Gasteiger partial charge in [-0.1, -0.05) is 12.1 Å². The summed E-state index contributed by atoms with van der Waals surface area (Å²) in [5.41, 5.74) is 9.74. The molecule has 0 radical (unpaired) electrons. The molecule has 154 valence electrons. The second-order valence-electron chi connectivity index (χ2n) is 5.60. The van der Waals surface area contributed by atoms with Crippen molar-refractivity contribution in [3.63, 3.8) is 0 Å². The molecule has 0 saturated heterocycles. The summed E-state index contributed by atoms with van der Waals surface area (Å²) in [7, 11) is 4.81. The lowest BCUT2D eigenvalue weighted by Crippen LogP contribution is -1.99. The smallest absolute Gasteiger partial charge is 0.317 e. The van der Waals surface area contributed by atoms with Gasteiger partial charge in [0.05, 0.1) is 9.85 Å². The lowest BCUT2D eigenvalue weighted by Gasteiger charge is -2.03. The van der Waals surface area contributed by atoms with Crippen molar-refractivity contribution in [1.82, 2.24) is 0 Å². The van der Waals surface area contributed by atoms with Crippen LogP contribution in [0, 0.1) is 47.9 Å². The van der Waals surface area contributed by atoms with E-state index >= 15 is 0 Å². The number of hydrogen-bond acceptors (Lipinski definition) is 7. The first-order chi connectivity index (χ1) is 12.6. The highest BCUT2D eigenvalue weighted by molar-refractivity contribution is 8.31. The topological polar surface area (TPSA) is 146 Å². The third kappa shape index (κ3) is 9.49. The molecule has 0 unspecified atom stereocenters. The highest BCUT2D eigenvalue weighted by Crippen LogP contribution is 2.26. The minimum atomic E-state index is -3.72. The summed E-state index contributed by atoms with van der Waals surface area (Å²) in [4.78, 5) is 19.8. The van der Waals surface area contributed by atoms with E-state index in [-0.39, 0.29) is 22.0 Å². The largest absolute Gasteiger partial charge is 0.393 e. The highest BCUT2D eigenvalue weighted by atomic mass is 36.0. The zero-order valence-corrected chi connectivity index (χ0v) is 17.8. The predicted octanol–water partition coefficient (Wildman–Crippen LogP) is 4.71. The van der Waals surface area contributed by atoms with Crippen LogP contribution in [0.2, 0.25) is 0 Å². The van der Waals surface area contributed by atoms with E-state index in [1.807, 2.05) is 20.8 Å². The Morgan fingerprint density at radius 1 is 0.857 bits per heavy atom. The summed E-state index contributed by atoms with van der Waals surface area (Å²) in [5.74, 6) is 0. The highest BCUT2D eigenvalue weighted by Gasteiger charge is 2.13. The predicted molar refractivity (Wildman–Crippen MR) is 110 cm³/mol. The maximum absolute atomic E-state index is 10.4. The first-order valence-corrected chi connectivity index (χ1v) is 10.6. The fourth-order valence-electron chi connectivity index (χ4n) is 1.82. The second-order valence-corrected chi connectivity index (χ2v) is 9.27. The summed E-state index contributed by atoms with van der Waals surface area (Å²) in [6, 6.07) is 7.98. The number of hydrogen-bond donors (Lipinski definition) is 1. The van der Waals surface area contributed by atoms with Crippen LogP contribution in [0.25, 0.3) is 0 Å². The van der Waals surface area contributed by atoms with Gasteiger partial charge in [-0.05, 0) is 49.9 Å². The number of aryl methyl sites for hydroxylation is 3. The molecule has 28 heavy (non-hydrogen) atoms. The van der Waals surface area contributed by atoms with Crippen LogP contribution < -0.4 is 5.73 Å². The molecule has 0 heterocycles. The second kappa shape index (κ2) is 10.8. The van der Waals surface area contributed by atoms with Gasteiger partial charge >= 0.3 is 8.26 Å². The fourth-order valence-corrected chi connectivity index (χ4v) is 1.82. The van der Waals surface area contributed by atoms with Crippen molar-refractivity contribution in [2.45, 2.75) is 27.7 Å². The van der Waals surface area contributed by atoms with Crippen LogP contribution in [-0.2, 0) is 8.26 Å². The molecule has 2 aromatic carbocycles. The maximum Gasteiger partial charge on any atom is 0.317 e. The van der Waals surface area contributed by atoms with E-state index in [1.165, 1.54) is 12.1 Å². The van der Waals surface area contributed by atoms with Gasteiger partial charge in [0.25, 0.3) is 11.4 Å². The van der Waals surface area contributed by atoms with Crippen molar-refractivity contribution >= 4 is 46.7 Å². The summed E-state index contributed by atoms with van der Waals surface area (Å²) >= 11 is 0. The number of nitrogens with zero attached hydrogens (tertiary/aromatic N) is 2. The monoisotopic (exact) mass is 451 g/mol. The van der Waals surface area contributed by atoms with E-state index in [1.54, 1.807) is 25.1 Å². The van der Waals surface area contributed by atoms with E-state index in [0.717, 1.165) is 22.3 Å². The Kier molecular flexibility index (Phi) is 9.85. The molecule has 0 aliphatic carbocycles. The molecule has 0 bridgehead atoms. The number of halogens is 2. The zero-order chi connectivity index (χ0) is 22.2. The van der Waals surface area contributed by atoms with Crippen LogP contribution in [0.5, 0.6) is 0 Å². The summed E-state index contributed by atoms with van der Waals surface area (Å²) in [6.45, 7) is 7.44. The Balaban J connectivity index is 0.000000424. The van der Waals surface area contributed by atoms with E-state index in [0.29, 0.717) is 0 Å². The Hall–Kier alpha value is -2.43. The first-order valence-electron chi connectivity index (χ1n) is 7.51. The van der Waals surface area contributed by atoms with Crippen LogP contribution in [0.4, 0.5) is 17.1 Å². The van der Waals surface area contributed by atoms with Gasteiger partial charge in [-0.25, -0.2) is 0 Å². The minimum absolute atomic E-state index is 0.0156. The van der Waals surface area contributed by atoms with Crippen molar-refractivity contribution in [3.8, 4) is 0 Å². The summed E-state index contributed by atoms with van der Waals surface area (Å²) in [5, 5.41) is 20.7. The molecule has 0 atom stereocenters. The molecule has 0 aromatic heterocycles. The molecule has 0 aliphatic heterocycles. The molecule has 2 aromatic rings.